The maximum atomic E-state index is 13.7. The molecule has 31 heavy (non-hydrogen) atoms. The van der Waals surface area contributed by atoms with Crippen LogP contribution in [0.1, 0.15) is 22.0 Å². The zero-order valence-electron chi connectivity index (χ0n) is 16.4. The summed E-state index contributed by atoms with van der Waals surface area (Å²) in [6.07, 6.45) is 0. The molecule has 0 bridgehead atoms. The minimum Gasteiger partial charge on any atom is -0.357 e. The van der Waals surface area contributed by atoms with Gasteiger partial charge in [0.2, 0.25) is 5.91 Å². The third kappa shape index (κ3) is 4.00. The van der Waals surface area contributed by atoms with Crippen molar-refractivity contribution in [3.05, 3.63) is 89.5 Å². The van der Waals surface area contributed by atoms with Gasteiger partial charge in [0, 0.05) is 18.2 Å². The van der Waals surface area contributed by atoms with E-state index in [9.17, 15) is 18.4 Å². The van der Waals surface area contributed by atoms with Crippen molar-refractivity contribution in [2.75, 3.05) is 7.05 Å². The molecular weight excluding hydrogens is 404 g/mol. The molecule has 0 aliphatic carbocycles. The molecule has 0 aliphatic rings. The molecule has 1 heterocycles. The number of hydrogen-bond donors (Lipinski definition) is 2. The van der Waals surface area contributed by atoms with Crippen LogP contribution in [0.2, 0.25) is 0 Å². The normalized spacial score (nSPS) is 11.8. The van der Waals surface area contributed by atoms with E-state index >= 15 is 0 Å². The summed E-state index contributed by atoms with van der Waals surface area (Å²) in [5.74, 6) is -2.79. The van der Waals surface area contributed by atoms with Gasteiger partial charge in [-0.25, -0.2) is 8.78 Å². The monoisotopic (exact) mass is 421 g/mol. The number of carbonyl (C=O) groups excluding carboxylic acids is 2. The van der Waals surface area contributed by atoms with Crippen LogP contribution in [0.25, 0.3) is 22.2 Å². The number of aromatic nitrogens is 1. The Balaban J connectivity index is 1.67. The van der Waals surface area contributed by atoms with Crippen molar-refractivity contribution in [3.8, 4) is 11.3 Å². The van der Waals surface area contributed by atoms with Crippen LogP contribution in [-0.2, 0) is 4.79 Å². The van der Waals surface area contributed by atoms with E-state index in [1.165, 1.54) is 13.1 Å². The topological polar surface area (TPSA) is 84.2 Å². The lowest BCUT2D eigenvalue weighted by atomic mass is 10.0. The molecule has 0 aliphatic heterocycles. The van der Waals surface area contributed by atoms with Crippen molar-refractivity contribution in [1.82, 2.24) is 15.8 Å². The molecule has 0 saturated carbocycles. The van der Waals surface area contributed by atoms with E-state index in [0.717, 1.165) is 17.7 Å². The smallest absolute Gasteiger partial charge is 0.252 e. The summed E-state index contributed by atoms with van der Waals surface area (Å²) in [7, 11) is 1.39. The van der Waals surface area contributed by atoms with E-state index in [1.54, 1.807) is 18.2 Å². The summed E-state index contributed by atoms with van der Waals surface area (Å²) in [6.45, 7) is 0. The molecule has 2 amide bonds. The van der Waals surface area contributed by atoms with Gasteiger partial charge in [0.05, 0.1) is 5.39 Å². The number of rotatable bonds is 5. The second-order valence-corrected chi connectivity index (χ2v) is 6.80. The SMILES string of the molecule is CNC(=O)C(NC(=O)c1ccc2noc(-c3ccccc3)c2c1)c1ccc(F)c(F)c1. The van der Waals surface area contributed by atoms with Gasteiger partial charge in [-0.3, -0.25) is 9.59 Å². The zero-order chi connectivity index (χ0) is 22.0. The first kappa shape index (κ1) is 20.2. The highest BCUT2D eigenvalue weighted by atomic mass is 19.2. The number of benzene rings is 3. The maximum Gasteiger partial charge on any atom is 0.252 e. The Bertz CT molecular complexity index is 1270. The second kappa shape index (κ2) is 8.35. The first-order chi connectivity index (χ1) is 15.0. The van der Waals surface area contributed by atoms with Crippen molar-refractivity contribution in [1.29, 1.82) is 0 Å². The maximum absolute atomic E-state index is 13.7. The third-order valence-corrected chi connectivity index (χ3v) is 4.84. The van der Waals surface area contributed by atoms with E-state index in [-0.39, 0.29) is 11.1 Å². The summed E-state index contributed by atoms with van der Waals surface area (Å²) in [4.78, 5) is 25.2. The molecule has 156 valence electrons. The van der Waals surface area contributed by atoms with E-state index in [2.05, 4.69) is 15.8 Å². The molecule has 0 spiro atoms. The van der Waals surface area contributed by atoms with Crippen molar-refractivity contribution in [2.24, 2.45) is 0 Å². The molecular formula is C23H17F2N3O3. The lowest BCUT2D eigenvalue weighted by Gasteiger charge is -2.18. The summed E-state index contributed by atoms with van der Waals surface area (Å²) in [6, 6.07) is 15.9. The van der Waals surface area contributed by atoms with Crippen LogP contribution in [0, 0.1) is 11.6 Å². The fourth-order valence-corrected chi connectivity index (χ4v) is 3.23. The molecule has 0 fully saturated rings. The molecule has 8 heteroatoms. The van der Waals surface area contributed by atoms with Gasteiger partial charge >= 0.3 is 0 Å². The Labute approximate surface area is 175 Å². The Morgan fingerprint density at radius 2 is 1.74 bits per heavy atom. The van der Waals surface area contributed by atoms with Gasteiger partial charge < -0.3 is 15.2 Å². The molecule has 0 radical (unpaired) electrons. The van der Waals surface area contributed by atoms with Crippen LogP contribution in [0.3, 0.4) is 0 Å². The number of fused-ring (bicyclic) bond motifs is 1. The van der Waals surface area contributed by atoms with Gasteiger partial charge in [0.25, 0.3) is 5.91 Å². The average molecular weight is 421 g/mol. The highest BCUT2D eigenvalue weighted by Crippen LogP contribution is 2.29. The number of amides is 2. The van der Waals surface area contributed by atoms with Crippen LogP contribution in [0.5, 0.6) is 0 Å². The Hall–Kier alpha value is -4.07. The summed E-state index contributed by atoms with van der Waals surface area (Å²) < 4.78 is 32.4. The predicted molar refractivity (Wildman–Crippen MR) is 110 cm³/mol. The van der Waals surface area contributed by atoms with Gasteiger partial charge in [-0.05, 0) is 35.9 Å². The Morgan fingerprint density at radius 1 is 0.968 bits per heavy atom. The molecule has 4 rings (SSSR count). The number of hydrogen-bond acceptors (Lipinski definition) is 4. The van der Waals surface area contributed by atoms with Gasteiger partial charge in [0.1, 0.15) is 11.6 Å². The lowest BCUT2D eigenvalue weighted by molar-refractivity contribution is -0.122. The summed E-state index contributed by atoms with van der Waals surface area (Å²) in [5, 5.41) is 9.63. The van der Waals surface area contributed by atoms with Gasteiger partial charge in [-0.15, -0.1) is 0 Å². The molecule has 1 atom stereocenters. The predicted octanol–water partition coefficient (Wildman–Crippen LogP) is 3.99. The first-order valence-corrected chi connectivity index (χ1v) is 9.40. The van der Waals surface area contributed by atoms with Crippen LogP contribution in [0.15, 0.2) is 71.3 Å². The molecule has 1 aromatic heterocycles. The fourth-order valence-electron chi connectivity index (χ4n) is 3.23. The van der Waals surface area contributed by atoms with E-state index in [4.69, 9.17) is 4.52 Å². The number of likely N-dealkylation sites (N-methyl/N-ethyl adjacent to an activating group) is 1. The van der Waals surface area contributed by atoms with Crippen LogP contribution in [-0.4, -0.2) is 24.0 Å². The summed E-state index contributed by atoms with van der Waals surface area (Å²) in [5.41, 5.74) is 1.73. The first-order valence-electron chi connectivity index (χ1n) is 9.40. The highest BCUT2D eigenvalue weighted by molar-refractivity contribution is 6.02. The fraction of sp³-hybridized carbons (Fsp3) is 0.0870. The van der Waals surface area contributed by atoms with Crippen molar-refractivity contribution in [3.63, 3.8) is 0 Å². The van der Waals surface area contributed by atoms with Crippen LogP contribution in [0.4, 0.5) is 8.78 Å². The molecule has 6 nitrogen and oxygen atoms in total. The second-order valence-electron chi connectivity index (χ2n) is 6.80. The van der Waals surface area contributed by atoms with Gasteiger partial charge in [-0.2, -0.15) is 0 Å². The Morgan fingerprint density at radius 3 is 2.45 bits per heavy atom. The average Bonchev–Trinajstić information content (AvgIpc) is 3.22. The number of carbonyl (C=O) groups is 2. The minimum absolute atomic E-state index is 0.114. The largest absolute Gasteiger partial charge is 0.357 e. The quantitative estimate of drug-likeness (QED) is 0.510. The van der Waals surface area contributed by atoms with Crippen LogP contribution < -0.4 is 10.6 Å². The van der Waals surface area contributed by atoms with E-state index in [1.807, 2.05) is 30.3 Å². The van der Waals surface area contributed by atoms with E-state index in [0.29, 0.717) is 16.7 Å². The summed E-state index contributed by atoms with van der Waals surface area (Å²) >= 11 is 0. The van der Waals surface area contributed by atoms with Gasteiger partial charge in [0.15, 0.2) is 17.4 Å². The lowest BCUT2D eigenvalue weighted by Crippen LogP contribution is -2.39. The van der Waals surface area contributed by atoms with Crippen molar-refractivity contribution in [2.45, 2.75) is 6.04 Å². The van der Waals surface area contributed by atoms with Crippen molar-refractivity contribution >= 4 is 22.7 Å². The van der Waals surface area contributed by atoms with E-state index < -0.39 is 29.5 Å². The van der Waals surface area contributed by atoms with Crippen molar-refractivity contribution < 1.29 is 22.9 Å². The number of halogens is 2. The number of nitrogens with zero attached hydrogens (tertiary/aromatic N) is 1. The van der Waals surface area contributed by atoms with Gasteiger partial charge in [-0.1, -0.05) is 41.6 Å². The standard InChI is InChI=1S/C23H17F2N3O3/c1-26-23(30)20(14-7-9-17(24)18(25)12-14)27-22(29)15-8-10-19-16(11-15)21(31-28-19)13-5-3-2-4-6-13/h2-12,20H,1H3,(H,26,30)(H,27,29). The van der Waals surface area contributed by atoms with Crippen LogP contribution >= 0.6 is 0 Å². The zero-order valence-corrected chi connectivity index (χ0v) is 16.4. The highest BCUT2D eigenvalue weighted by Gasteiger charge is 2.24. The Kier molecular flexibility index (Phi) is 5.44. The molecule has 3 aromatic carbocycles. The molecule has 1 unspecified atom stereocenters. The molecule has 4 aromatic rings. The third-order valence-electron chi connectivity index (χ3n) is 4.84. The minimum atomic E-state index is -1.21. The molecule has 2 N–H and O–H groups in total. The molecule has 0 saturated heterocycles. The number of nitrogens with one attached hydrogen (secondary N) is 2.